The molecule has 1 aliphatic heterocycles. The highest BCUT2D eigenvalue weighted by Crippen LogP contribution is 2.27. The number of anilines is 1. The van der Waals surface area contributed by atoms with Crippen LogP contribution in [0.4, 0.5) is 5.82 Å². The average molecular weight is 553 g/mol. The van der Waals surface area contributed by atoms with Crippen LogP contribution in [0.5, 0.6) is 0 Å². The van der Waals surface area contributed by atoms with Crippen molar-refractivity contribution in [1.82, 2.24) is 14.9 Å². The third-order valence-corrected chi connectivity index (χ3v) is 7.32. The molecule has 0 fully saturated rings. The zero-order chi connectivity index (χ0) is 28.2. The van der Waals surface area contributed by atoms with Gasteiger partial charge >= 0.3 is 0 Å². The van der Waals surface area contributed by atoms with Crippen LogP contribution in [0.2, 0.25) is 5.02 Å². The molecule has 7 nitrogen and oxygen atoms in total. The average Bonchev–Trinajstić information content (AvgIpc) is 3.04. The Bertz CT molecular complexity index is 1540. The topological polar surface area (TPSA) is 92.3 Å². The van der Waals surface area contributed by atoms with E-state index in [9.17, 15) is 14.4 Å². The fraction of sp³-hybridized carbons (Fsp3) is 0.219. The second kappa shape index (κ2) is 11.8. The van der Waals surface area contributed by atoms with Crippen molar-refractivity contribution in [2.75, 3.05) is 5.32 Å². The Morgan fingerprint density at radius 1 is 1.02 bits per heavy atom. The van der Waals surface area contributed by atoms with Gasteiger partial charge in [0.1, 0.15) is 5.82 Å². The third kappa shape index (κ3) is 6.10. The molecule has 0 saturated carbocycles. The lowest BCUT2D eigenvalue weighted by Gasteiger charge is -2.29. The van der Waals surface area contributed by atoms with Crippen molar-refractivity contribution < 1.29 is 14.4 Å². The standard InChI is InChI=1S/C32H29ClN4O3/c1-20(2)24-9-12-30(35-18-24)36-31(39)23-7-5-21(6-8-23)19-37-28(14-22-4-3-13-34-17-22)29(38)16-25-15-26(33)10-11-27(25)32(37)40/h3-13,15,17-18,20,28H,14,16,19H2,1-2H3,(H,35,36,39)/t28-/m1/s1. The zero-order valence-electron chi connectivity index (χ0n) is 22.3. The summed E-state index contributed by atoms with van der Waals surface area (Å²) in [5.41, 5.74) is 4.32. The summed E-state index contributed by atoms with van der Waals surface area (Å²) in [6.07, 6.45) is 5.62. The molecule has 0 saturated heterocycles. The minimum Gasteiger partial charge on any atom is -0.324 e. The summed E-state index contributed by atoms with van der Waals surface area (Å²) in [4.78, 5) is 50.2. The first-order valence-corrected chi connectivity index (χ1v) is 13.5. The molecule has 4 aromatic rings. The van der Waals surface area contributed by atoms with E-state index >= 15 is 0 Å². The number of fused-ring (bicyclic) bond motifs is 1. The summed E-state index contributed by atoms with van der Waals surface area (Å²) in [5, 5.41) is 3.30. The van der Waals surface area contributed by atoms with Gasteiger partial charge in [-0.15, -0.1) is 0 Å². The lowest BCUT2D eigenvalue weighted by molar-refractivity contribution is -0.122. The van der Waals surface area contributed by atoms with E-state index < -0.39 is 6.04 Å². The van der Waals surface area contributed by atoms with Crippen LogP contribution in [0.15, 0.2) is 85.3 Å². The van der Waals surface area contributed by atoms with Crippen molar-refractivity contribution in [3.8, 4) is 0 Å². The van der Waals surface area contributed by atoms with E-state index in [1.54, 1.807) is 72.0 Å². The number of hydrogen-bond acceptors (Lipinski definition) is 5. The van der Waals surface area contributed by atoms with Crippen molar-refractivity contribution in [2.45, 2.75) is 45.2 Å². The largest absolute Gasteiger partial charge is 0.324 e. The number of amides is 2. The Labute approximate surface area is 238 Å². The molecule has 202 valence electrons. The maximum atomic E-state index is 13.8. The molecule has 0 unspecified atom stereocenters. The molecule has 0 spiro atoms. The predicted octanol–water partition coefficient (Wildman–Crippen LogP) is 5.88. The van der Waals surface area contributed by atoms with E-state index in [-0.39, 0.29) is 30.6 Å². The number of carbonyl (C=O) groups excluding carboxylic acids is 3. The highest BCUT2D eigenvalue weighted by molar-refractivity contribution is 6.30. The van der Waals surface area contributed by atoms with Crippen molar-refractivity contribution in [3.63, 3.8) is 0 Å². The number of rotatable bonds is 7. The van der Waals surface area contributed by atoms with Gasteiger partial charge in [0.15, 0.2) is 5.78 Å². The number of pyridine rings is 2. The van der Waals surface area contributed by atoms with Crippen LogP contribution in [0.25, 0.3) is 0 Å². The van der Waals surface area contributed by atoms with Crippen molar-refractivity contribution in [2.24, 2.45) is 0 Å². The van der Waals surface area contributed by atoms with Gasteiger partial charge in [-0.3, -0.25) is 19.4 Å². The zero-order valence-corrected chi connectivity index (χ0v) is 23.1. The predicted molar refractivity (Wildman–Crippen MR) is 154 cm³/mol. The second-order valence-electron chi connectivity index (χ2n) is 10.2. The van der Waals surface area contributed by atoms with Crippen molar-refractivity contribution >= 4 is 35.0 Å². The number of nitrogens with zero attached hydrogens (tertiary/aromatic N) is 3. The maximum Gasteiger partial charge on any atom is 0.256 e. The fourth-order valence-electron chi connectivity index (χ4n) is 4.81. The first-order chi connectivity index (χ1) is 19.3. The minimum atomic E-state index is -0.675. The number of carbonyl (C=O) groups is 3. The van der Waals surface area contributed by atoms with Crippen molar-refractivity contribution in [3.05, 3.63) is 124 Å². The van der Waals surface area contributed by atoms with Gasteiger partial charge in [0.05, 0.1) is 6.04 Å². The number of Topliss-reactive ketones (excluding diaryl/α,β-unsaturated/α-hetero) is 1. The first kappa shape index (κ1) is 27.2. The molecule has 2 aromatic carbocycles. The molecule has 2 amide bonds. The second-order valence-corrected chi connectivity index (χ2v) is 10.7. The van der Waals surface area contributed by atoms with Gasteiger partial charge in [0, 0.05) is 54.1 Å². The monoisotopic (exact) mass is 552 g/mol. The Balaban J connectivity index is 1.37. The summed E-state index contributed by atoms with van der Waals surface area (Å²) in [6.45, 7) is 4.38. The molecule has 40 heavy (non-hydrogen) atoms. The third-order valence-electron chi connectivity index (χ3n) is 7.09. The first-order valence-electron chi connectivity index (χ1n) is 13.2. The van der Waals surface area contributed by atoms with E-state index in [2.05, 4.69) is 29.1 Å². The van der Waals surface area contributed by atoms with Crippen molar-refractivity contribution in [1.29, 1.82) is 0 Å². The molecular formula is C32H29ClN4O3. The molecule has 0 aliphatic carbocycles. The van der Waals surface area contributed by atoms with E-state index in [0.717, 1.165) is 16.7 Å². The summed E-state index contributed by atoms with van der Waals surface area (Å²) < 4.78 is 0. The molecule has 5 rings (SSSR count). The van der Waals surface area contributed by atoms with Gasteiger partial charge in [-0.25, -0.2) is 4.98 Å². The molecule has 1 aliphatic rings. The van der Waals surface area contributed by atoms with Gasteiger partial charge in [0.25, 0.3) is 11.8 Å². The smallest absolute Gasteiger partial charge is 0.256 e. The van der Waals surface area contributed by atoms with Crippen LogP contribution in [-0.2, 0) is 24.2 Å². The number of ketones is 1. The summed E-state index contributed by atoms with van der Waals surface area (Å²) in [6, 6.07) is 18.8. The lowest BCUT2D eigenvalue weighted by Crippen LogP contribution is -2.44. The van der Waals surface area contributed by atoms with Crippen LogP contribution in [0.1, 0.15) is 62.7 Å². The number of benzene rings is 2. The Morgan fingerprint density at radius 3 is 2.50 bits per heavy atom. The summed E-state index contributed by atoms with van der Waals surface area (Å²) in [5.74, 6) is 0.252. The lowest BCUT2D eigenvalue weighted by atomic mass is 9.98. The SMILES string of the molecule is CC(C)c1ccc(NC(=O)c2ccc(CN3C(=O)c4ccc(Cl)cc4CC(=O)[C@H]3Cc3cccnc3)cc2)nc1. The van der Waals surface area contributed by atoms with E-state index in [1.165, 1.54) is 0 Å². The summed E-state index contributed by atoms with van der Waals surface area (Å²) in [7, 11) is 0. The normalized spacial score (nSPS) is 15.1. The van der Waals surface area contributed by atoms with Gasteiger partial charge < -0.3 is 10.2 Å². The van der Waals surface area contributed by atoms with E-state index in [1.807, 2.05) is 18.2 Å². The van der Waals surface area contributed by atoms with Crippen LogP contribution in [0, 0.1) is 0 Å². The van der Waals surface area contributed by atoms with Gasteiger partial charge in [-0.2, -0.15) is 0 Å². The quantitative estimate of drug-likeness (QED) is 0.309. The molecule has 2 aromatic heterocycles. The molecule has 3 heterocycles. The summed E-state index contributed by atoms with van der Waals surface area (Å²) >= 11 is 6.19. The molecule has 0 radical (unpaired) electrons. The van der Waals surface area contributed by atoms with Gasteiger partial charge in [0.2, 0.25) is 0 Å². The van der Waals surface area contributed by atoms with Gasteiger partial charge in [-0.05, 0) is 70.6 Å². The number of halogens is 1. The maximum absolute atomic E-state index is 13.8. The highest BCUT2D eigenvalue weighted by atomic mass is 35.5. The molecular weight excluding hydrogens is 524 g/mol. The number of hydrogen-bond donors (Lipinski definition) is 1. The minimum absolute atomic E-state index is 0.0646. The fourth-order valence-corrected chi connectivity index (χ4v) is 5.00. The van der Waals surface area contributed by atoms with E-state index in [0.29, 0.717) is 39.9 Å². The molecule has 1 atom stereocenters. The van der Waals surface area contributed by atoms with Crippen LogP contribution in [0.3, 0.4) is 0 Å². The van der Waals surface area contributed by atoms with Crippen LogP contribution >= 0.6 is 11.6 Å². The number of nitrogens with one attached hydrogen (secondary N) is 1. The molecule has 0 bridgehead atoms. The Kier molecular flexibility index (Phi) is 8.03. The van der Waals surface area contributed by atoms with E-state index in [4.69, 9.17) is 11.6 Å². The highest BCUT2D eigenvalue weighted by Gasteiger charge is 2.35. The Hall–Kier alpha value is -4.36. The molecule has 8 heteroatoms. The van der Waals surface area contributed by atoms with Crippen LogP contribution < -0.4 is 5.32 Å². The van der Waals surface area contributed by atoms with Gasteiger partial charge in [-0.1, -0.05) is 49.7 Å². The van der Waals surface area contributed by atoms with Crippen LogP contribution in [-0.4, -0.2) is 38.5 Å². The Morgan fingerprint density at radius 2 is 1.82 bits per heavy atom. The number of aromatic nitrogens is 2. The molecule has 1 N–H and O–H groups in total.